The second-order valence-electron chi connectivity index (χ2n) is 8.53. The van der Waals surface area contributed by atoms with E-state index in [0.717, 1.165) is 48.0 Å². The van der Waals surface area contributed by atoms with Gasteiger partial charge in [0.15, 0.2) is 5.82 Å². The Morgan fingerprint density at radius 1 is 1.00 bits per heavy atom. The maximum atomic E-state index is 4.51. The molecule has 1 saturated carbocycles. The fraction of sp³-hybridized carbons (Fsp3) is 0.478. The monoisotopic (exact) mass is 481 g/mol. The van der Waals surface area contributed by atoms with Gasteiger partial charge < -0.3 is 0 Å². The molecule has 8 heteroatoms. The van der Waals surface area contributed by atoms with Crippen LogP contribution < -0.4 is 0 Å². The van der Waals surface area contributed by atoms with Crippen molar-refractivity contribution in [1.29, 1.82) is 0 Å². The lowest BCUT2D eigenvalue weighted by atomic mass is 9.91. The third-order valence-electron chi connectivity index (χ3n) is 6.54. The Morgan fingerprint density at radius 3 is 2.65 bits per heavy atom. The van der Waals surface area contributed by atoms with Crippen LogP contribution in [0.2, 0.25) is 0 Å². The van der Waals surface area contributed by atoms with E-state index in [2.05, 4.69) is 76.6 Å². The van der Waals surface area contributed by atoms with Crippen molar-refractivity contribution in [2.75, 3.05) is 26.2 Å². The van der Waals surface area contributed by atoms with Crippen LogP contribution in [0.1, 0.15) is 48.7 Å². The maximum absolute atomic E-state index is 4.51. The van der Waals surface area contributed by atoms with E-state index in [1.54, 1.807) is 0 Å². The van der Waals surface area contributed by atoms with Crippen LogP contribution >= 0.6 is 15.9 Å². The Balaban J connectivity index is 1.45. The molecule has 162 valence electrons. The average molecular weight is 482 g/mol. The van der Waals surface area contributed by atoms with E-state index >= 15 is 0 Å². The lowest BCUT2D eigenvalue weighted by molar-refractivity contribution is 0.127. The summed E-state index contributed by atoms with van der Waals surface area (Å²) in [5.74, 6) is 0.876. The highest BCUT2D eigenvalue weighted by atomic mass is 79.9. The number of hydrogen-bond acceptors (Lipinski definition) is 6. The van der Waals surface area contributed by atoms with Gasteiger partial charge in [0, 0.05) is 42.5 Å². The molecule has 0 N–H and O–H groups in total. The van der Waals surface area contributed by atoms with Crippen LogP contribution in [0.4, 0.5) is 0 Å². The van der Waals surface area contributed by atoms with E-state index in [4.69, 9.17) is 0 Å². The Morgan fingerprint density at radius 2 is 1.87 bits per heavy atom. The zero-order valence-electron chi connectivity index (χ0n) is 17.6. The van der Waals surface area contributed by atoms with Gasteiger partial charge >= 0.3 is 0 Å². The number of aromatic nitrogens is 5. The van der Waals surface area contributed by atoms with Crippen molar-refractivity contribution in [2.45, 2.75) is 44.3 Å². The van der Waals surface area contributed by atoms with Gasteiger partial charge in [-0.15, -0.1) is 5.10 Å². The molecular formula is C23H28BrN7. The number of rotatable bonds is 6. The summed E-state index contributed by atoms with van der Waals surface area (Å²) in [5.41, 5.74) is 2.31. The van der Waals surface area contributed by atoms with E-state index in [9.17, 15) is 0 Å². The molecule has 0 spiro atoms. The minimum atomic E-state index is -0.0231. The van der Waals surface area contributed by atoms with Crippen LogP contribution in [0.3, 0.4) is 0 Å². The van der Waals surface area contributed by atoms with Crippen molar-refractivity contribution in [3.8, 4) is 0 Å². The number of benzene rings is 1. The molecule has 31 heavy (non-hydrogen) atoms. The predicted octanol–water partition coefficient (Wildman–Crippen LogP) is 3.53. The molecule has 2 aromatic heterocycles. The normalized spacial score (nSPS) is 19.6. The van der Waals surface area contributed by atoms with Crippen molar-refractivity contribution >= 4 is 15.9 Å². The Hall–Kier alpha value is -2.16. The molecular weight excluding hydrogens is 454 g/mol. The molecule has 1 atom stereocenters. The first-order valence-corrected chi connectivity index (χ1v) is 12.0. The molecule has 1 aliphatic heterocycles. The lowest BCUT2D eigenvalue weighted by Gasteiger charge is -2.37. The van der Waals surface area contributed by atoms with Crippen LogP contribution in [-0.4, -0.2) is 67.2 Å². The molecule has 0 bridgehead atoms. The van der Waals surface area contributed by atoms with Crippen LogP contribution in [-0.2, 0) is 6.54 Å². The zero-order chi connectivity index (χ0) is 21.0. The number of halogens is 1. The summed E-state index contributed by atoms with van der Waals surface area (Å²) in [7, 11) is 0. The SMILES string of the molecule is Brc1cncc(C(c2nnnn2Cc2ccccc2)N2CCCN(C3CCC3)CC2)c1. The molecule has 1 unspecified atom stereocenters. The van der Waals surface area contributed by atoms with Gasteiger partial charge in [0.1, 0.15) is 0 Å². The van der Waals surface area contributed by atoms with Gasteiger partial charge in [-0.3, -0.25) is 14.8 Å². The second kappa shape index (κ2) is 9.54. The topological polar surface area (TPSA) is 63.0 Å². The van der Waals surface area contributed by atoms with Gasteiger partial charge in [-0.2, -0.15) is 0 Å². The van der Waals surface area contributed by atoms with Crippen molar-refractivity contribution in [2.24, 2.45) is 0 Å². The third kappa shape index (κ3) is 4.71. The molecule has 0 radical (unpaired) electrons. The summed E-state index contributed by atoms with van der Waals surface area (Å²) in [5, 5.41) is 12.9. The first-order valence-electron chi connectivity index (χ1n) is 11.2. The molecule has 2 aliphatic rings. The molecule has 5 rings (SSSR count). The third-order valence-corrected chi connectivity index (χ3v) is 6.98. The number of tetrazole rings is 1. The summed E-state index contributed by atoms with van der Waals surface area (Å²) in [4.78, 5) is 9.67. The predicted molar refractivity (Wildman–Crippen MR) is 123 cm³/mol. The first kappa shape index (κ1) is 20.7. The Labute approximate surface area is 191 Å². The van der Waals surface area contributed by atoms with E-state index in [1.165, 1.54) is 31.4 Å². The van der Waals surface area contributed by atoms with Gasteiger partial charge in [-0.25, -0.2) is 4.68 Å². The number of pyridine rings is 1. The summed E-state index contributed by atoms with van der Waals surface area (Å²) < 4.78 is 2.91. The van der Waals surface area contributed by atoms with Crippen molar-refractivity contribution in [3.63, 3.8) is 0 Å². The smallest absolute Gasteiger partial charge is 0.173 e. The highest BCUT2D eigenvalue weighted by Gasteiger charge is 2.32. The summed E-state index contributed by atoms with van der Waals surface area (Å²) in [6.45, 7) is 4.97. The van der Waals surface area contributed by atoms with Crippen LogP contribution in [0.5, 0.6) is 0 Å². The summed E-state index contributed by atoms with van der Waals surface area (Å²) in [6, 6.07) is 13.3. The van der Waals surface area contributed by atoms with Crippen molar-refractivity contribution in [1.82, 2.24) is 35.0 Å². The number of hydrogen-bond donors (Lipinski definition) is 0. The molecule has 0 amide bonds. The first-order chi connectivity index (χ1) is 15.3. The van der Waals surface area contributed by atoms with E-state index in [-0.39, 0.29) is 6.04 Å². The average Bonchev–Trinajstić information content (AvgIpc) is 3.05. The van der Waals surface area contributed by atoms with E-state index in [1.807, 2.05) is 23.1 Å². The Kier molecular flexibility index (Phi) is 6.38. The standard InChI is InChI=1S/C23H28BrN7/c24-20-14-19(15-25-16-20)22(30-11-5-10-29(12-13-30)21-8-4-9-21)23-26-27-28-31(23)17-18-6-2-1-3-7-18/h1-3,6-7,14-16,21-22H,4-5,8-13,17H2. The zero-order valence-corrected chi connectivity index (χ0v) is 19.2. The Bertz CT molecular complexity index is 988. The van der Waals surface area contributed by atoms with Gasteiger partial charge in [-0.05, 0) is 69.4 Å². The molecule has 1 saturated heterocycles. The highest BCUT2D eigenvalue weighted by molar-refractivity contribution is 9.10. The molecule has 1 aliphatic carbocycles. The van der Waals surface area contributed by atoms with Crippen LogP contribution in [0, 0.1) is 0 Å². The molecule has 7 nitrogen and oxygen atoms in total. The molecule has 3 heterocycles. The van der Waals surface area contributed by atoms with Crippen LogP contribution in [0.15, 0.2) is 53.3 Å². The molecule has 1 aromatic carbocycles. The van der Waals surface area contributed by atoms with Gasteiger partial charge in [-0.1, -0.05) is 36.8 Å². The van der Waals surface area contributed by atoms with Gasteiger partial charge in [0.05, 0.1) is 12.6 Å². The number of nitrogens with zero attached hydrogens (tertiary/aromatic N) is 7. The second-order valence-corrected chi connectivity index (χ2v) is 9.45. The minimum Gasteiger partial charge on any atom is -0.299 e. The quantitative estimate of drug-likeness (QED) is 0.536. The van der Waals surface area contributed by atoms with Crippen molar-refractivity contribution in [3.05, 3.63) is 70.2 Å². The highest BCUT2D eigenvalue weighted by Crippen LogP contribution is 2.31. The van der Waals surface area contributed by atoms with Crippen molar-refractivity contribution < 1.29 is 0 Å². The largest absolute Gasteiger partial charge is 0.299 e. The van der Waals surface area contributed by atoms with Gasteiger partial charge in [0.2, 0.25) is 0 Å². The fourth-order valence-corrected chi connectivity index (χ4v) is 5.09. The minimum absolute atomic E-state index is 0.0231. The van der Waals surface area contributed by atoms with E-state index < -0.39 is 0 Å². The summed E-state index contributed by atoms with van der Waals surface area (Å²) in [6.07, 6.45) is 9.03. The van der Waals surface area contributed by atoms with Crippen LogP contribution in [0.25, 0.3) is 0 Å². The maximum Gasteiger partial charge on any atom is 0.173 e. The summed E-state index contributed by atoms with van der Waals surface area (Å²) >= 11 is 3.60. The van der Waals surface area contributed by atoms with Gasteiger partial charge in [0.25, 0.3) is 0 Å². The molecule has 3 aromatic rings. The fourth-order valence-electron chi connectivity index (χ4n) is 4.71. The molecule has 2 fully saturated rings. The lowest BCUT2D eigenvalue weighted by Crippen LogP contribution is -2.42. The van der Waals surface area contributed by atoms with E-state index in [0.29, 0.717) is 6.54 Å².